The van der Waals surface area contributed by atoms with Gasteiger partial charge in [-0.3, -0.25) is 0 Å². The van der Waals surface area contributed by atoms with E-state index in [4.69, 9.17) is 0 Å². The average Bonchev–Trinajstić information content (AvgIpc) is 3.00. The fraction of sp³-hybridized carbons (Fsp3) is 0.263. The van der Waals surface area contributed by atoms with Gasteiger partial charge in [0.25, 0.3) is 0 Å². The summed E-state index contributed by atoms with van der Waals surface area (Å²) in [6.45, 7) is 17.9. The van der Waals surface area contributed by atoms with E-state index in [0.717, 1.165) is 38.2 Å². The molecule has 0 saturated heterocycles. The molecular formula is C38H44N2O. The quantitative estimate of drug-likeness (QED) is 0.218. The minimum Gasteiger partial charge on any atom is -0.508 e. The summed E-state index contributed by atoms with van der Waals surface area (Å²) in [7, 11) is 0. The van der Waals surface area contributed by atoms with Crippen LogP contribution in [0.15, 0.2) is 134 Å². The van der Waals surface area contributed by atoms with Crippen molar-refractivity contribution in [3.8, 4) is 5.75 Å². The van der Waals surface area contributed by atoms with E-state index in [9.17, 15) is 5.11 Å². The minimum atomic E-state index is 0.185. The third kappa shape index (κ3) is 7.70. The van der Waals surface area contributed by atoms with Crippen molar-refractivity contribution >= 4 is 5.69 Å². The van der Waals surface area contributed by atoms with Crippen LogP contribution < -0.4 is 4.90 Å². The molecule has 0 fully saturated rings. The van der Waals surface area contributed by atoms with Crippen molar-refractivity contribution in [3.63, 3.8) is 0 Å². The Labute approximate surface area is 247 Å². The first-order valence-corrected chi connectivity index (χ1v) is 14.7. The van der Waals surface area contributed by atoms with Gasteiger partial charge >= 0.3 is 0 Å². The first-order valence-electron chi connectivity index (χ1n) is 14.7. The third-order valence-corrected chi connectivity index (χ3v) is 7.96. The van der Waals surface area contributed by atoms with Gasteiger partial charge in [0.2, 0.25) is 0 Å². The number of likely N-dealkylation sites (N-methyl/N-ethyl adjacent to an activating group) is 2. The Hall–Kier alpha value is -4.24. The van der Waals surface area contributed by atoms with Crippen LogP contribution in [0, 0.1) is 12.8 Å². The summed E-state index contributed by atoms with van der Waals surface area (Å²) in [5.41, 5.74) is 8.75. The van der Waals surface area contributed by atoms with Crippen molar-refractivity contribution in [1.29, 1.82) is 0 Å². The summed E-state index contributed by atoms with van der Waals surface area (Å²) in [5, 5.41) is 9.98. The standard InChI is InChI=1S/C38H44N2O/c1-6-11-30(7-2)27-39(8-3)35-20-14-32(15-21-35)38(34-18-24-37(41)25-19-34)33-16-22-36(23-17-33)40(9-4)28-31-13-10-12-29(5)26-31/h6-7,10-16,18-26,33,38,41H,1-2,8-9,17,27-28H2,3-5H3/b30-11+. The molecule has 0 radical (unpaired) electrons. The Morgan fingerprint density at radius 2 is 1.63 bits per heavy atom. The number of hydrogen-bond acceptors (Lipinski definition) is 3. The van der Waals surface area contributed by atoms with Gasteiger partial charge in [0, 0.05) is 43.5 Å². The molecule has 212 valence electrons. The highest BCUT2D eigenvalue weighted by Crippen LogP contribution is 2.39. The van der Waals surface area contributed by atoms with Crippen LogP contribution in [0.2, 0.25) is 0 Å². The predicted molar refractivity (Wildman–Crippen MR) is 175 cm³/mol. The van der Waals surface area contributed by atoms with Gasteiger partial charge in [-0.05, 0) is 85.7 Å². The Morgan fingerprint density at radius 3 is 2.20 bits per heavy atom. The van der Waals surface area contributed by atoms with Crippen molar-refractivity contribution in [2.45, 2.75) is 39.7 Å². The summed E-state index contributed by atoms with van der Waals surface area (Å²) in [5.74, 6) is 0.796. The number of aromatic hydroxyl groups is 1. The highest BCUT2D eigenvalue weighted by atomic mass is 16.3. The summed E-state index contributed by atoms with van der Waals surface area (Å²) in [6.07, 6.45) is 13.8. The van der Waals surface area contributed by atoms with E-state index in [0.29, 0.717) is 11.7 Å². The Kier molecular flexibility index (Phi) is 10.5. The molecule has 41 heavy (non-hydrogen) atoms. The Bertz CT molecular complexity index is 1390. The van der Waals surface area contributed by atoms with Gasteiger partial charge in [0.05, 0.1) is 0 Å². The number of benzene rings is 3. The topological polar surface area (TPSA) is 26.7 Å². The lowest BCUT2D eigenvalue weighted by molar-refractivity contribution is 0.360. The van der Waals surface area contributed by atoms with Gasteiger partial charge < -0.3 is 14.9 Å². The van der Waals surface area contributed by atoms with Crippen molar-refractivity contribution in [3.05, 3.63) is 156 Å². The van der Waals surface area contributed by atoms with E-state index >= 15 is 0 Å². The molecular weight excluding hydrogens is 500 g/mol. The Morgan fingerprint density at radius 1 is 0.951 bits per heavy atom. The van der Waals surface area contributed by atoms with Crippen LogP contribution in [0.3, 0.4) is 0 Å². The second-order valence-corrected chi connectivity index (χ2v) is 10.7. The van der Waals surface area contributed by atoms with E-state index in [1.807, 2.05) is 18.2 Å². The van der Waals surface area contributed by atoms with Gasteiger partial charge in [-0.2, -0.15) is 0 Å². The summed E-state index contributed by atoms with van der Waals surface area (Å²) >= 11 is 0. The van der Waals surface area contributed by atoms with E-state index in [2.05, 4.69) is 123 Å². The molecule has 0 spiro atoms. The normalized spacial score (nSPS) is 15.6. The maximum absolute atomic E-state index is 9.98. The number of aryl methyl sites for hydroxylation is 1. The molecule has 4 rings (SSSR count). The smallest absolute Gasteiger partial charge is 0.115 e. The van der Waals surface area contributed by atoms with Crippen LogP contribution in [0.5, 0.6) is 5.75 Å². The first-order chi connectivity index (χ1) is 19.9. The van der Waals surface area contributed by atoms with Crippen LogP contribution in [0.4, 0.5) is 5.69 Å². The highest BCUT2D eigenvalue weighted by Gasteiger charge is 2.25. The molecule has 3 aromatic carbocycles. The number of phenols is 1. The number of hydrogen-bond donors (Lipinski definition) is 1. The molecule has 3 nitrogen and oxygen atoms in total. The second-order valence-electron chi connectivity index (χ2n) is 10.7. The lowest BCUT2D eigenvalue weighted by atomic mass is 9.77. The zero-order valence-corrected chi connectivity index (χ0v) is 24.8. The van der Waals surface area contributed by atoms with Gasteiger partial charge in [-0.1, -0.05) is 97.6 Å². The molecule has 0 amide bonds. The molecule has 0 aromatic heterocycles. The average molecular weight is 545 g/mol. The highest BCUT2D eigenvalue weighted by molar-refractivity contribution is 5.51. The molecule has 2 unspecified atom stereocenters. The van der Waals surface area contributed by atoms with Crippen LogP contribution >= 0.6 is 0 Å². The molecule has 1 aliphatic carbocycles. The largest absolute Gasteiger partial charge is 0.508 e. The number of allylic oxidation sites excluding steroid dienone is 5. The summed E-state index contributed by atoms with van der Waals surface area (Å²) < 4.78 is 0. The lowest BCUT2D eigenvalue weighted by Gasteiger charge is -2.31. The fourth-order valence-corrected chi connectivity index (χ4v) is 5.73. The molecule has 0 bridgehead atoms. The molecule has 1 N–H and O–H groups in total. The maximum Gasteiger partial charge on any atom is 0.115 e. The van der Waals surface area contributed by atoms with E-state index < -0.39 is 0 Å². The SMILES string of the molecule is C=C/C=C(\C=C)CN(CC)c1ccc(C(c2ccc(O)cc2)C2C=CC(N(CC)Cc3cccc(C)c3)=CC2)cc1. The molecule has 0 heterocycles. The molecule has 0 aliphatic heterocycles. The van der Waals surface area contributed by atoms with E-state index in [1.54, 1.807) is 12.1 Å². The van der Waals surface area contributed by atoms with Crippen LogP contribution in [0.1, 0.15) is 48.4 Å². The zero-order valence-electron chi connectivity index (χ0n) is 24.8. The van der Waals surface area contributed by atoms with Gasteiger partial charge in [0.1, 0.15) is 5.75 Å². The van der Waals surface area contributed by atoms with E-state index in [-0.39, 0.29) is 5.92 Å². The number of rotatable bonds is 13. The predicted octanol–water partition coefficient (Wildman–Crippen LogP) is 8.94. The number of nitrogens with zero attached hydrogens (tertiary/aromatic N) is 2. The van der Waals surface area contributed by atoms with Crippen molar-refractivity contribution < 1.29 is 5.11 Å². The van der Waals surface area contributed by atoms with Gasteiger partial charge in [0.15, 0.2) is 0 Å². The van der Waals surface area contributed by atoms with Gasteiger partial charge in [-0.25, -0.2) is 0 Å². The molecule has 3 aromatic rings. The second kappa shape index (κ2) is 14.4. The van der Waals surface area contributed by atoms with Crippen LogP contribution in [-0.4, -0.2) is 29.6 Å². The van der Waals surface area contributed by atoms with Crippen molar-refractivity contribution in [2.75, 3.05) is 24.5 Å². The number of anilines is 1. The third-order valence-electron chi connectivity index (χ3n) is 7.96. The molecule has 2 atom stereocenters. The lowest BCUT2D eigenvalue weighted by Crippen LogP contribution is -2.25. The van der Waals surface area contributed by atoms with E-state index in [1.165, 1.54) is 33.6 Å². The first kappa shape index (κ1) is 29.7. The van der Waals surface area contributed by atoms with Crippen molar-refractivity contribution in [1.82, 2.24) is 4.90 Å². The minimum absolute atomic E-state index is 0.185. The Balaban J connectivity index is 1.57. The van der Waals surface area contributed by atoms with Crippen molar-refractivity contribution in [2.24, 2.45) is 5.92 Å². The molecule has 3 heteroatoms. The zero-order chi connectivity index (χ0) is 29.2. The number of phenolic OH excluding ortho intramolecular Hbond substituents is 1. The molecule has 1 aliphatic rings. The summed E-state index contributed by atoms with van der Waals surface area (Å²) in [4.78, 5) is 4.79. The maximum atomic E-state index is 9.98. The van der Waals surface area contributed by atoms with Crippen LogP contribution in [0.25, 0.3) is 0 Å². The van der Waals surface area contributed by atoms with Gasteiger partial charge in [-0.15, -0.1) is 0 Å². The summed E-state index contributed by atoms with van der Waals surface area (Å²) in [6, 6.07) is 25.5. The fourth-order valence-electron chi connectivity index (χ4n) is 5.73. The molecule has 0 saturated carbocycles. The monoisotopic (exact) mass is 544 g/mol. The van der Waals surface area contributed by atoms with Crippen LogP contribution in [-0.2, 0) is 6.54 Å².